The smallest absolute Gasteiger partial charge is 0.195 e. The maximum absolute atomic E-state index is 5.81. The highest BCUT2D eigenvalue weighted by molar-refractivity contribution is 5.92. The zero-order valence-corrected chi connectivity index (χ0v) is 9.88. The Bertz CT molecular complexity index is 472. The Morgan fingerprint density at radius 3 is 2.65 bits per heavy atom. The van der Waals surface area contributed by atoms with Crippen LogP contribution >= 0.6 is 0 Å². The number of aliphatic imine (C=N–C) groups is 1. The second-order valence-electron chi connectivity index (χ2n) is 4.11. The molecule has 1 aromatic carbocycles. The number of azo groups is 1. The van der Waals surface area contributed by atoms with E-state index in [1.54, 1.807) is 12.3 Å². The number of aryl methyl sites for hydroxylation is 1. The van der Waals surface area contributed by atoms with E-state index in [9.17, 15) is 0 Å². The van der Waals surface area contributed by atoms with Crippen LogP contribution in [0.4, 0.5) is 5.69 Å². The van der Waals surface area contributed by atoms with Crippen molar-refractivity contribution in [1.29, 1.82) is 0 Å². The Kier molecular flexibility index (Phi) is 2.91. The topological polar surface area (TPSA) is 75.1 Å². The van der Waals surface area contributed by atoms with Crippen molar-refractivity contribution in [2.24, 2.45) is 21.0 Å². The molecule has 5 heteroatoms. The molecule has 1 heterocycles. The van der Waals surface area contributed by atoms with Crippen molar-refractivity contribution in [1.82, 2.24) is 0 Å². The standard InChI is InChI=1S/C12H15N5/c1-9-3-5-10(6-4-9)15-11(13)16-12(2)7-8-14-17-12/h3-8H,1-2H3,(H3,13,15,16). The summed E-state index contributed by atoms with van der Waals surface area (Å²) < 4.78 is 0. The Balaban J connectivity index is 2.09. The van der Waals surface area contributed by atoms with E-state index in [0.717, 1.165) is 5.69 Å². The fourth-order valence-electron chi connectivity index (χ4n) is 1.47. The summed E-state index contributed by atoms with van der Waals surface area (Å²) in [4.78, 5) is 4.26. The van der Waals surface area contributed by atoms with Gasteiger partial charge in [-0.05, 0) is 32.1 Å². The van der Waals surface area contributed by atoms with E-state index in [1.807, 2.05) is 38.1 Å². The van der Waals surface area contributed by atoms with Gasteiger partial charge in [-0.3, -0.25) is 0 Å². The predicted octanol–water partition coefficient (Wildman–Crippen LogP) is 2.42. The van der Waals surface area contributed by atoms with E-state index in [1.165, 1.54) is 5.56 Å². The van der Waals surface area contributed by atoms with Crippen LogP contribution in [0, 0.1) is 6.92 Å². The first-order valence-electron chi connectivity index (χ1n) is 5.36. The molecule has 0 saturated heterocycles. The molecule has 1 unspecified atom stereocenters. The van der Waals surface area contributed by atoms with Gasteiger partial charge in [-0.2, -0.15) is 10.2 Å². The molecule has 1 aliphatic rings. The number of guanidine groups is 1. The molecule has 88 valence electrons. The molecule has 1 atom stereocenters. The van der Waals surface area contributed by atoms with Gasteiger partial charge in [-0.1, -0.05) is 17.7 Å². The van der Waals surface area contributed by atoms with Crippen LogP contribution in [0.25, 0.3) is 0 Å². The fourth-order valence-corrected chi connectivity index (χ4v) is 1.47. The maximum Gasteiger partial charge on any atom is 0.195 e. The normalized spacial score (nSPS) is 23.1. The highest BCUT2D eigenvalue weighted by Gasteiger charge is 2.21. The molecule has 0 aliphatic carbocycles. The Labute approximate surface area is 100 Å². The molecular formula is C12H15N5. The molecular weight excluding hydrogens is 214 g/mol. The lowest BCUT2D eigenvalue weighted by molar-refractivity contribution is 0.611. The van der Waals surface area contributed by atoms with Crippen LogP contribution in [0.2, 0.25) is 0 Å². The van der Waals surface area contributed by atoms with E-state index in [0.29, 0.717) is 5.96 Å². The molecule has 17 heavy (non-hydrogen) atoms. The Morgan fingerprint density at radius 2 is 2.06 bits per heavy atom. The number of rotatable bonds is 2. The van der Waals surface area contributed by atoms with Crippen molar-refractivity contribution < 1.29 is 0 Å². The van der Waals surface area contributed by atoms with Crippen LogP contribution in [0.5, 0.6) is 0 Å². The number of anilines is 1. The number of nitrogens with zero attached hydrogens (tertiary/aromatic N) is 3. The summed E-state index contributed by atoms with van der Waals surface area (Å²) in [6.45, 7) is 3.87. The first kappa shape index (κ1) is 11.3. The molecule has 2 rings (SSSR count). The summed E-state index contributed by atoms with van der Waals surface area (Å²) in [6, 6.07) is 7.91. The van der Waals surface area contributed by atoms with Crippen LogP contribution in [-0.4, -0.2) is 11.6 Å². The van der Waals surface area contributed by atoms with Crippen LogP contribution in [0.1, 0.15) is 12.5 Å². The second kappa shape index (κ2) is 4.37. The van der Waals surface area contributed by atoms with E-state index < -0.39 is 5.66 Å². The molecule has 0 bridgehead atoms. The van der Waals surface area contributed by atoms with E-state index in [2.05, 4.69) is 20.5 Å². The van der Waals surface area contributed by atoms with Crippen LogP contribution in [-0.2, 0) is 0 Å². The highest BCUT2D eigenvalue weighted by atomic mass is 15.3. The molecule has 0 saturated carbocycles. The molecule has 0 aromatic heterocycles. The summed E-state index contributed by atoms with van der Waals surface area (Å²) in [5.74, 6) is 0.321. The van der Waals surface area contributed by atoms with Crippen molar-refractivity contribution in [2.75, 3.05) is 5.32 Å². The maximum atomic E-state index is 5.81. The Hall–Kier alpha value is -2.17. The van der Waals surface area contributed by atoms with Gasteiger partial charge in [0.2, 0.25) is 0 Å². The van der Waals surface area contributed by atoms with Gasteiger partial charge in [0.05, 0.1) is 0 Å². The number of nitrogens with two attached hydrogens (primary N) is 1. The van der Waals surface area contributed by atoms with Crippen LogP contribution in [0.3, 0.4) is 0 Å². The summed E-state index contributed by atoms with van der Waals surface area (Å²) in [5, 5.41) is 10.7. The Morgan fingerprint density at radius 1 is 1.35 bits per heavy atom. The SMILES string of the molecule is Cc1ccc(NC(N)=NC2(C)C=CN=N2)cc1. The average Bonchev–Trinajstić information content (AvgIpc) is 2.68. The molecule has 0 spiro atoms. The molecule has 1 aliphatic heterocycles. The third kappa shape index (κ3) is 2.90. The summed E-state index contributed by atoms with van der Waals surface area (Å²) in [7, 11) is 0. The second-order valence-corrected chi connectivity index (χ2v) is 4.11. The third-order valence-electron chi connectivity index (χ3n) is 2.39. The molecule has 0 amide bonds. The number of hydrogen-bond donors (Lipinski definition) is 2. The lowest BCUT2D eigenvalue weighted by Gasteiger charge is -2.13. The van der Waals surface area contributed by atoms with Gasteiger partial charge >= 0.3 is 0 Å². The predicted molar refractivity (Wildman–Crippen MR) is 68.8 cm³/mol. The zero-order valence-electron chi connectivity index (χ0n) is 9.88. The molecule has 3 N–H and O–H groups in total. The molecule has 0 fully saturated rings. The van der Waals surface area contributed by atoms with Gasteiger partial charge < -0.3 is 11.1 Å². The van der Waals surface area contributed by atoms with Gasteiger partial charge in [0.1, 0.15) is 0 Å². The van der Waals surface area contributed by atoms with Crippen molar-refractivity contribution in [3.63, 3.8) is 0 Å². The number of nitrogens with one attached hydrogen (secondary N) is 1. The number of benzene rings is 1. The lowest BCUT2D eigenvalue weighted by Crippen LogP contribution is -2.27. The first-order valence-corrected chi connectivity index (χ1v) is 5.36. The van der Waals surface area contributed by atoms with Crippen molar-refractivity contribution in [3.8, 4) is 0 Å². The van der Waals surface area contributed by atoms with E-state index in [-0.39, 0.29) is 0 Å². The largest absolute Gasteiger partial charge is 0.370 e. The fraction of sp³-hybridized carbons (Fsp3) is 0.250. The van der Waals surface area contributed by atoms with Crippen molar-refractivity contribution >= 4 is 11.6 Å². The van der Waals surface area contributed by atoms with Gasteiger partial charge in [0.15, 0.2) is 11.6 Å². The minimum Gasteiger partial charge on any atom is -0.370 e. The van der Waals surface area contributed by atoms with Crippen molar-refractivity contribution in [2.45, 2.75) is 19.5 Å². The zero-order chi connectivity index (χ0) is 12.3. The minimum absolute atomic E-state index is 0.321. The highest BCUT2D eigenvalue weighted by Crippen LogP contribution is 2.20. The summed E-state index contributed by atoms with van der Waals surface area (Å²) in [5.41, 5.74) is 7.24. The molecule has 5 nitrogen and oxygen atoms in total. The van der Waals surface area contributed by atoms with E-state index in [4.69, 9.17) is 5.73 Å². The average molecular weight is 229 g/mol. The third-order valence-corrected chi connectivity index (χ3v) is 2.39. The van der Waals surface area contributed by atoms with Gasteiger partial charge in [0, 0.05) is 11.9 Å². The first-order chi connectivity index (χ1) is 8.07. The summed E-state index contributed by atoms with van der Waals surface area (Å²) >= 11 is 0. The van der Waals surface area contributed by atoms with Crippen molar-refractivity contribution in [3.05, 3.63) is 42.1 Å². The van der Waals surface area contributed by atoms with Gasteiger partial charge in [-0.15, -0.1) is 0 Å². The van der Waals surface area contributed by atoms with Gasteiger partial charge in [0.25, 0.3) is 0 Å². The van der Waals surface area contributed by atoms with Crippen LogP contribution in [0.15, 0.2) is 51.8 Å². The monoisotopic (exact) mass is 229 g/mol. The summed E-state index contributed by atoms with van der Waals surface area (Å²) in [6.07, 6.45) is 3.40. The van der Waals surface area contributed by atoms with Gasteiger partial charge in [-0.25, -0.2) is 4.99 Å². The number of hydrogen-bond acceptors (Lipinski definition) is 3. The quantitative estimate of drug-likeness (QED) is 0.603. The molecule has 0 radical (unpaired) electrons. The van der Waals surface area contributed by atoms with E-state index >= 15 is 0 Å². The minimum atomic E-state index is -0.679. The lowest BCUT2D eigenvalue weighted by atomic mass is 10.2. The van der Waals surface area contributed by atoms with Crippen LogP contribution < -0.4 is 11.1 Å². The molecule has 1 aromatic rings.